The molecule has 0 aliphatic rings. The molecule has 0 saturated heterocycles. The Kier molecular flexibility index (Phi) is 14.3. The van der Waals surface area contributed by atoms with E-state index in [0.29, 0.717) is 52.9 Å². The van der Waals surface area contributed by atoms with Gasteiger partial charge in [-0.2, -0.15) is 0 Å². The molecule has 8 nitrogen and oxygen atoms in total. The van der Waals surface area contributed by atoms with Crippen LogP contribution in [0, 0.1) is 0 Å². The number of carbonyl (C=O) groups is 2. The third-order valence-corrected chi connectivity index (χ3v) is 2.66. The van der Waals surface area contributed by atoms with E-state index in [-0.39, 0.29) is 24.8 Å². The van der Waals surface area contributed by atoms with Gasteiger partial charge in [-0.25, -0.2) is 0 Å². The van der Waals surface area contributed by atoms with Crippen LogP contribution in [-0.2, 0) is 38.0 Å². The molecular formula is C17H32O8. The second-order valence-electron chi connectivity index (χ2n) is 6.11. The van der Waals surface area contributed by atoms with Gasteiger partial charge in [-0.15, -0.1) is 0 Å². The van der Waals surface area contributed by atoms with Crippen LogP contribution >= 0.6 is 0 Å². The topological polar surface area (TPSA) is 89.5 Å². The second-order valence-corrected chi connectivity index (χ2v) is 6.11. The molecule has 25 heavy (non-hydrogen) atoms. The van der Waals surface area contributed by atoms with Crippen LogP contribution in [0.5, 0.6) is 0 Å². The number of methoxy groups -OCH3 is 1. The lowest BCUT2D eigenvalue weighted by Crippen LogP contribution is -2.24. The van der Waals surface area contributed by atoms with Crippen molar-refractivity contribution >= 4 is 11.9 Å². The normalized spacial score (nSPS) is 11.4. The molecule has 0 fully saturated rings. The summed E-state index contributed by atoms with van der Waals surface area (Å²) in [6.07, 6.45) is 0.476. The highest BCUT2D eigenvalue weighted by molar-refractivity contribution is 5.70. The molecule has 0 spiro atoms. The number of esters is 2. The zero-order chi connectivity index (χ0) is 19.0. The fourth-order valence-electron chi connectivity index (χ4n) is 1.57. The van der Waals surface area contributed by atoms with Crippen molar-refractivity contribution in [3.63, 3.8) is 0 Å². The smallest absolute Gasteiger partial charge is 0.308 e. The van der Waals surface area contributed by atoms with E-state index in [0.717, 1.165) is 0 Å². The van der Waals surface area contributed by atoms with Crippen LogP contribution in [-0.4, -0.2) is 77.5 Å². The predicted octanol–water partition coefficient (Wildman–Crippen LogP) is 1.35. The van der Waals surface area contributed by atoms with E-state index < -0.39 is 5.60 Å². The van der Waals surface area contributed by atoms with Crippen LogP contribution in [0.4, 0.5) is 0 Å². The van der Waals surface area contributed by atoms with Gasteiger partial charge < -0.3 is 28.4 Å². The Hall–Kier alpha value is -1.22. The molecule has 0 amide bonds. The summed E-state index contributed by atoms with van der Waals surface area (Å²) in [5.41, 5.74) is -0.466. The summed E-state index contributed by atoms with van der Waals surface area (Å²) < 4.78 is 30.8. The van der Waals surface area contributed by atoms with Crippen LogP contribution in [0.2, 0.25) is 0 Å². The van der Waals surface area contributed by atoms with Crippen LogP contribution in [0.3, 0.4) is 0 Å². The summed E-state index contributed by atoms with van der Waals surface area (Å²) in [5, 5.41) is 0. The predicted molar refractivity (Wildman–Crippen MR) is 90.4 cm³/mol. The molecule has 0 rings (SSSR count). The highest BCUT2D eigenvalue weighted by atomic mass is 16.6. The molecule has 0 atom stereocenters. The minimum atomic E-state index is -0.466. The summed E-state index contributed by atoms with van der Waals surface area (Å²) in [4.78, 5) is 22.2. The summed E-state index contributed by atoms with van der Waals surface area (Å²) in [5.74, 6) is -0.557. The maximum atomic E-state index is 11.4. The van der Waals surface area contributed by atoms with E-state index >= 15 is 0 Å². The Morgan fingerprint density at radius 3 is 1.36 bits per heavy atom. The molecule has 0 saturated carbocycles. The molecule has 0 N–H and O–H groups in total. The highest BCUT2D eigenvalue weighted by Crippen LogP contribution is 2.07. The quantitative estimate of drug-likeness (QED) is 0.318. The van der Waals surface area contributed by atoms with E-state index in [4.69, 9.17) is 23.7 Å². The number of carbonyl (C=O) groups excluding carboxylic acids is 2. The summed E-state index contributed by atoms with van der Waals surface area (Å²) >= 11 is 0. The van der Waals surface area contributed by atoms with Gasteiger partial charge in [-0.3, -0.25) is 9.59 Å². The number of hydrogen-bond donors (Lipinski definition) is 0. The van der Waals surface area contributed by atoms with Crippen molar-refractivity contribution < 1.29 is 38.0 Å². The van der Waals surface area contributed by atoms with Crippen LogP contribution in [0.1, 0.15) is 33.6 Å². The lowest BCUT2D eigenvalue weighted by Gasteiger charge is -2.19. The average Bonchev–Trinajstić information content (AvgIpc) is 2.53. The molecule has 0 radical (unpaired) electrons. The molecule has 0 aromatic carbocycles. The van der Waals surface area contributed by atoms with Crippen molar-refractivity contribution in [1.82, 2.24) is 0 Å². The van der Waals surface area contributed by atoms with Gasteiger partial charge in [0.05, 0.1) is 72.8 Å². The number of hydrogen-bond acceptors (Lipinski definition) is 8. The largest absolute Gasteiger partial charge is 0.469 e. The third kappa shape index (κ3) is 19.0. The third-order valence-electron chi connectivity index (χ3n) is 2.66. The van der Waals surface area contributed by atoms with E-state index in [9.17, 15) is 9.59 Å². The Morgan fingerprint density at radius 2 is 1.00 bits per heavy atom. The molecule has 0 aromatic rings. The van der Waals surface area contributed by atoms with Gasteiger partial charge >= 0.3 is 11.9 Å². The minimum absolute atomic E-state index is 0.232. The fraction of sp³-hybridized carbons (Fsp3) is 0.882. The maximum Gasteiger partial charge on any atom is 0.308 e. The van der Waals surface area contributed by atoms with Crippen molar-refractivity contribution in [3.8, 4) is 0 Å². The average molecular weight is 364 g/mol. The molecule has 0 heterocycles. The Morgan fingerprint density at radius 1 is 0.640 bits per heavy atom. The molecule has 0 bridgehead atoms. The van der Waals surface area contributed by atoms with Crippen molar-refractivity contribution in [2.45, 2.75) is 39.2 Å². The van der Waals surface area contributed by atoms with Crippen LogP contribution in [0.15, 0.2) is 0 Å². The van der Waals surface area contributed by atoms with E-state index in [1.54, 1.807) is 0 Å². The number of rotatable bonds is 15. The number of ether oxygens (including phenoxy) is 6. The Bertz CT molecular complexity index is 351. The first-order chi connectivity index (χ1) is 11.8. The van der Waals surface area contributed by atoms with Gasteiger partial charge in [-0.05, 0) is 20.8 Å². The highest BCUT2D eigenvalue weighted by Gasteiger charge is 2.15. The zero-order valence-corrected chi connectivity index (χ0v) is 15.8. The minimum Gasteiger partial charge on any atom is -0.469 e. The Balaban J connectivity index is 3.19. The standard InChI is InChI=1S/C17H32O8/c1-17(2,3)25-16(19)6-8-22-10-12-24-14-13-23-11-9-21-7-5-15(18)20-4/h5-14H2,1-4H3. The lowest BCUT2D eigenvalue weighted by molar-refractivity contribution is -0.156. The molecule has 0 unspecified atom stereocenters. The fourth-order valence-corrected chi connectivity index (χ4v) is 1.57. The van der Waals surface area contributed by atoms with Gasteiger partial charge in [0.2, 0.25) is 0 Å². The Labute approximate surface area is 150 Å². The lowest BCUT2D eigenvalue weighted by atomic mass is 10.2. The van der Waals surface area contributed by atoms with Gasteiger partial charge in [0, 0.05) is 0 Å². The molecule has 0 aliphatic heterocycles. The van der Waals surface area contributed by atoms with E-state index in [2.05, 4.69) is 4.74 Å². The van der Waals surface area contributed by atoms with Gasteiger partial charge in [0.15, 0.2) is 0 Å². The maximum absolute atomic E-state index is 11.4. The molecule has 8 heteroatoms. The van der Waals surface area contributed by atoms with Crippen LogP contribution in [0.25, 0.3) is 0 Å². The summed E-state index contributed by atoms with van der Waals surface area (Å²) in [6, 6.07) is 0. The van der Waals surface area contributed by atoms with Crippen molar-refractivity contribution in [2.75, 3.05) is 60.0 Å². The van der Waals surface area contributed by atoms with Gasteiger partial charge in [-0.1, -0.05) is 0 Å². The summed E-state index contributed by atoms with van der Waals surface area (Å²) in [6.45, 7) is 8.76. The first-order valence-electron chi connectivity index (χ1n) is 8.45. The van der Waals surface area contributed by atoms with E-state index in [1.807, 2.05) is 20.8 Å². The molecule has 148 valence electrons. The van der Waals surface area contributed by atoms with Crippen molar-refractivity contribution in [3.05, 3.63) is 0 Å². The SMILES string of the molecule is COC(=O)CCOCCOCCOCCOCCC(=O)OC(C)(C)C. The van der Waals surface area contributed by atoms with Crippen molar-refractivity contribution in [1.29, 1.82) is 0 Å². The monoisotopic (exact) mass is 364 g/mol. The van der Waals surface area contributed by atoms with Gasteiger partial charge in [0.1, 0.15) is 5.60 Å². The first-order valence-corrected chi connectivity index (χ1v) is 8.45. The van der Waals surface area contributed by atoms with Crippen molar-refractivity contribution in [2.24, 2.45) is 0 Å². The molecular weight excluding hydrogens is 332 g/mol. The van der Waals surface area contributed by atoms with E-state index in [1.165, 1.54) is 7.11 Å². The van der Waals surface area contributed by atoms with Gasteiger partial charge in [0.25, 0.3) is 0 Å². The molecule has 0 aliphatic carbocycles. The van der Waals surface area contributed by atoms with Crippen LogP contribution < -0.4 is 0 Å². The molecule has 0 aromatic heterocycles. The zero-order valence-electron chi connectivity index (χ0n) is 15.8. The second kappa shape index (κ2) is 15.1. The summed E-state index contributed by atoms with van der Waals surface area (Å²) in [7, 11) is 1.34. The first kappa shape index (κ1) is 23.8.